The molecule has 1 fully saturated rings. The van der Waals surface area contributed by atoms with Gasteiger partial charge in [0.2, 0.25) is 0 Å². The molecule has 1 aliphatic heterocycles. The predicted molar refractivity (Wildman–Crippen MR) is 110 cm³/mol. The number of carbonyl (C=O) groups is 1. The van der Waals surface area contributed by atoms with Crippen LogP contribution in [0, 0.1) is 11.3 Å². The summed E-state index contributed by atoms with van der Waals surface area (Å²) in [7, 11) is 0. The van der Waals surface area contributed by atoms with Crippen LogP contribution < -0.4 is 11.2 Å². The number of aromatic nitrogens is 2. The van der Waals surface area contributed by atoms with Crippen LogP contribution in [0.1, 0.15) is 39.7 Å². The number of piperidine rings is 1. The monoisotopic (exact) mass is 468 g/mol. The Bertz CT molecular complexity index is 1060. The zero-order chi connectivity index (χ0) is 20.6. The molecule has 0 N–H and O–H groups in total. The van der Waals surface area contributed by atoms with Gasteiger partial charge in [-0.2, -0.15) is 5.26 Å². The molecule has 28 heavy (non-hydrogen) atoms. The zero-order valence-corrected chi connectivity index (χ0v) is 18.3. The maximum atomic E-state index is 13.0. The van der Waals surface area contributed by atoms with E-state index in [1.165, 1.54) is 20.5 Å². The molecule has 0 atom stereocenters. The average Bonchev–Trinajstić information content (AvgIpc) is 3.00. The lowest BCUT2D eigenvalue weighted by atomic mass is 10.1. The molecule has 150 valence electrons. The van der Waals surface area contributed by atoms with Crippen LogP contribution in [0.15, 0.2) is 19.4 Å². The van der Waals surface area contributed by atoms with Gasteiger partial charge >= 0.3 is 11.8 Å². The number of thiophene rings is 1. The van der Waals surface area contributed by atoms with Crippen LogP contribution in [0.4, 0.5) is 4.79 Å². The first kappa shape index (κ1) is 20.6. The number of nitriles is 1. The predicted octanol–water partition coefficient (Wildman–Crippen LogP) is 3.08. The molecular weight excluding hydrogens is 448 g/mol. The minimum atomic E-state index is -0.576. The van der Waals surface area contributed by atoms with E-state index in [0.29, 0.717) is 40.6 Å². The molecule has 0 aliphatic carbocycles. The Morgan fingerprint density at radius 2 is 2.00 bits per heavy atom. The first-order valence-electron chi connectivity index (χ1n) is 8.91. The normalized spacial score (nSPS) is 15.6. The Labute approximate surface area is 174 Å². The fourth-order valence-electron chi connectivity index (χ4n) is 3.33. The van der Waals surface area contributed by atoms with Gasteiger partial charge in [-0.3, -0.25) is 13.9 Å². The minimum Gasteiger partial charge on any atom is -0.444 e. The number of likely N-dealkylation sites (tertiary alicyclic amines) is 1. The Hall–Kier alpha value is -2.12. The number of hydrogen-bond donors (Lipinski definition) is 0. The van der Waals surface area contributed by atoms with Gasteiger partial charge in [0, 0.05) is 24.5 Å². The van der Waals surface area contributed by atoms with Crippen LogP contribution in [0.3, 0.4) is 0 Å². The van der Waals surface area contributed by atoms with E-state index in [1.54, 1.807) is 10.3 Å². The number of nitrogens with zero attached hydrogens (tertiary/aromatic N) is 4. The number of hydrogen-bond acceptors (Lipinski definition) is 6. The van der Waals surface area contributed by atoms with Crippen LogP contribution >= 0.6 is 27.3 Å². The van der Waals surface area contributed by atoms with Crippen LogP contribution in [0.2, 0.25) is 0 Å². The van der Waals surface area contributed by atoms with Gasteiger partial charge in [0.15, 0.2) is 0 Å². The zero-order valence-electron chi connectivity index (χ0n) is 15.9. The highest BCUT2D eigenvalue weighted by Crippen LogP contribution is 2.28. The molecule has 0 aromatic carbocycles. The number of carbonyl (C=O) groups excluding carboxylic acids is 1. The molecule has 3 heterocycles. The molecule has 1 amide bonds. The van der Waals surface area contributed by atoms with Crippen molar-refractivity contribution in [2.45, 2.75) is 51.8 Å². The second-order valence-electron chi connectivity index (χ2n) is 7.66. The second-order valence-corrected chi connectivity index (χ2v) is 9.40. The third-order valence-corrected chi connectivity index (χ3v) is 6.42. The van der Waals surface area contributed by atoms with Gasteiger partial charge in [-0.1, -0.05) is 0 Å². The summed E-state index contributed by atoms with van der Waals surface area (Å²) in [5, 5.41) is 10.9. The fourth-order valence-corrected chi connectivity index (χ4v) is 5.02. The summed E-state index contributed by atoms with van der Waals surface area (Å²) in [6, 6.07) is 1.66. The first-order chi connectivity index (χ1) is 13.1. The third-order valence-electron chi connectivity index (χ3n) is 4.55. The van der Waals surface area contributed by atoms with Crippen molar-refractivity contribution in [2.24, 2.45) is 0 Å². The maximum Gasteiger partial charge on any atom is 0.410 e. The molecule has 8 nitrogen and oxygen atoms in total. The minimum absolute atomic E-state index is 0.137. The molecule has 0 unspecified atom stereocenters. The molecule has 2 aromatic rings. The number of ether oxygens (including phenoxy) is 1. The smallest absolute Gasteiger partial charge is 0.410 e. The van der Waals surface area contributed by atoms with Gasteiger partial charge in [-0.25, -0.2) is 9.59 Å². The first-order valence-corrected chi connectivity index (χ1v) is 10.6. The highest BCUT2D eigenvalue weighted by Gasteiger charge is 2.30. The summed E-state index contributed by atoms with van der Waals surface area (Å²) in [5.41, 5.74) is -0.952. The Morgan fingerprint density at radius 1 is 1.36 bits per heavy atom. The van der Waals surface area contributed by atoms with Crippen molar-refractivity contribution in [3.63, 3.8) is 0 Å². The van der Waals surface area contributed by atoms with E-state index in [2.05, 4.69) is 15.9 Å². The summed E-state index contributed by atoms with van der Waals surface area (Å²) in [4.78, 5) is 39.8. The van der Waals surface area contributed by atoms with E-state index < -0.39 is 17.4 Å². The molecule has 0 bridgehead atoms. The van der Waals surface area contributed by atoms with Gasteiger partial charge in [0.1, 0.15) is 16.8 Å². The van der Waals surface area contributed by atoms with Crippen LogP contribution in [0.25, 0.3) is 10.2 Å². The lowest BCUT2D eigenvalue weighted by Crippen LogP contribution is -2.47. The van der Waals surface area contributed by atoms with Crippen molar-refractivity contribution < 1.29 is 9.53 Å². The molecule has 0 spiro atoms. The van der Waals surface area contributed by atoms with E-state index in [4.69, 9.17) is 10.00 Å². The van der Waals surface area contributed by atoms with Gasteiger partial charge in [-0.05, 0) is 49.5 Å². The van der Waals surface area contributed by atoms with Crippen molar-refractivity contribution in [3.8, 4) is 6.07 Å². The summed E-state index contributed by atoms with van der Waals surface area (Å²) < 4.78 is 9.04. The molecular formula is C18H21BrN4O4S. The van der Waals surface area contributed by atoms with Crippen LogP contribution in [-0.4, -0.2) is 38.8 Å². The van der Waals surface area contributed by atoms with E-state index in [-0.39, 0.29) is 18.1 Å². The quantitative estimate of drug-likeness (QED) is 0.674. The van der Waals surface area contributed by atoms with Crippen molar-refractivity contribution in [1.82, 2.24) is 14.0 Å². The van der Waals surface area contributed by atoms with Gasteiger partial charge < -0.3 is 9.64 Å². The van der Waals surface area contributed by atoms with Crippen molar-refractivity contribution in [2.75, 3.05) is 13.1 Å². The highest BCUT2D eigenvalue weighted by molar-refractivity contribution is 9.10. The van der Waals surface area contributed by atoms with Crippen LogP contribution in [-0.2, 0) is 11.3 Å². The summed E-state index contributed by atoms with van der Waals surface area (Å²) >= 11 is 4.60. The van der Waals surface area contributed by atoms with E-state index in [1.807, 2.05) is 26.8 Å². The SMILES string of the molecule is CC(C)(C)OC(=O)N1CCC(n2c(=O)c3scc(Br)c3n(CC#N)c2=O)CC1. The Balaban J connectivity index is 1.92. The Morgan fingerprint density at radius 3 is 2.57 bits per heavy atom. The standard InChI is InChI=1S/C18H21BrN4O4S/c1-18(2,3)27-17(26)21-7-4-11(5-8-21)23-15(24)14-13(12(19)10-28-14)22(9-6-20)16(23)25/h10-11H,4-5,7-9H2,1-3H3. The maximum absolute atomic E-state index is 13.0. The molecule has 1 saturated heterocycles. The molecule has 2 aromatic heterocycles. The largest absolute Gasteiger partial charge is 0.444 e. The highest BCUT2D eigenvalue weighted by atomic mass is 79.9. The molecule has 1 aliphatic rings. The second kappa shape index (κ2) is 7.72. The van der Waals surface area contributed by atoms with Crippen LogP contribution in [0.5, 0.6) is 0 Å². The number of halogens is 1. The molecule has 10 heteroatoms. The fraction of sp³-hybridized carbons (Fsp3) is 0.556. The van der Waals surface area contributed by atoms with E-state index >= 15 is 0 Å². The molecule has 0 saturated carbocycles. The molecule has 3 rings (SSSR count). The van der Waals surface area contributed by atoms with Gasteiger partial charge in [0.05, 0.1) is 16.1 Å². The summed E-state index contributed by atoms with van der Waals surface area (Å²) in [5.74, 6) is 0. The van der Waals surface area contributed by atoms with Crippen molar-refractivity contribution >= 4 is 43.6 Å². The third kappa shape index (κ3) is 3.86. The van der Waals surface area contributed by atoms with Crippen molar-refractivity contribution in [3.05, 3.63) is 30.7 Å². The summed E-state index contributed by atoms with van der Waals surface area (Å²) in [6.45, 7) is 6.09. The summed E-state index contributed by atoms with van der Waals surface area (Å²) in [6.07, 6.45) is 0.552. The van der Waals surface area contributed by atoms with Gasteiger partial charge in [0.25, 0.3) is 5.56 Å². The number of amides is 1. The Kier molecular flexibility index (Phi) is 5.68. The lowest BCUT2D eigenvalue weighted by Gasteiger charge is -2.33. The molecule has 0 radical (unpaired) electrons. The van der Waals surface area contributed by atoms with Crippen molar-refractivity contribution in [1.29, 1.82) is 5.26 Å². The van der Waals surface area contributed by atoms with Gasteiger partial charge in [-0.15, -0.1) is 11.3 Å². The van der Waals surface area contributed by atoms with E-state index in [0.717, 1.165) is 0 Å². The lowest BCUT2D eigenvalue weighted by molar-refractivity contribution is 0.0186. The number of fused-ring (bicyclic) bond motifs is 1. The number of rotatable bonds is 2. The topological polar surface area (TPSA) is 97.3 Å². The van der Waals surface area contributed by atoms with E-state index in [9.17, 15) is 14.4 Å². The average molecular weight is 469 g/mol.